The van der Waals surface area contributed by atoms with E-state index in [4.69, 9.17) is 0 Å². The Labute approximate surface area is 207 Å². The molecule has 0 aliphatic rings. The SMILES string of the molecule is CCNC(=O)C(Cc1ccccc1)N(Cc1ccc(C)cc1)C(=O)CCSCc1ccccc1. The van der Waals surface area contributed by atoms with Gasteiger partial charge in [-0.15, -0.1) is 0 Å². The number of carbonyl (C=O) groups excluding carboxylic acids is 2. The van der Waals surface area contributed by atoms with Gasteiger partial charge in [-0.2, -0.15) is 11.8 Å². The van der Waals surface area contributed by atoms with Crippen molar-refractivity contribution in [2.45, 2.75) is 45.0 Å². The van der Waals surface area contributed by atoms with Crippen LogP contribution in [0.2, 0.25) is 0 Å². The quantitative estimate of drug-likeness (QED) is 0.358. The number of carbonyl (C=O) groups is 2. The molecule has 0 bridgehead atoms. The maximum Gasteiger partial charge on any atom is 0.243 e. The zero-order chi connectivity index (χ0) is 24.2. The Hall–Kier alpha value is -3.05. The van der Waals surface area contributed by atoms with E-state index in [1.165, 1.54) is 11.1 Å². The second-order valence-electron chi connectivity index (χ2n) is 8.40. The lowest BCUT2D eigenvalue weighted by Gasteiger charge is -2.31. The minimum absolute atomic E-state index is 0.00770. The molecule has 0 saturated carbocycles. The van der Waals surface area contributed by atoms with Gasteiger partial charge in [0.05, 0.1) is 0 Å². The Morgan fingerprint density at radius 2 is 1.47 bits per heavy atom. The van der Waals surface area contributed by atoms with Crippen molar-refractivity contribution in [2.75, 3.05) is 12.3 Å². The van der Waals surface area contributed by atoms with E-state index >= 15 is 0 Å². The number of likely N-dealkylation sites (N-methyl/N-ethyl adjacent to an activating group) is 1. The summed E-state index contributed by atoms with van der Waals surface area (Å²) in [6.45, 7) is 4.90. The molecule has 0 aliphatic carbocycles. The second kappa shape index (κ2) is 13.6. The van der Waals surface area contributed by atoms with Gasteiger partial charge in [-0.25, -0.2) is 0 Å². The Morgan fingerprint density at radius 3 is 2.09 bits per heavy atom. The van der Waals surface area contributed by atoms with Crippen molar-refractivity contribution in [1.29, 1.82) is 0 Å². The van der Waals surface area contributed by atoms with Gasteiger partial charge in [0.15, 0.2) is 0 Å². The summed E-state index contributed by atoms with van der Waals surface area (Å²) in [6, 6.07) is 27.8. The second-order valence-corrected chi connectivity index (χ2v) is 9.50. The van der Waals surface area contributed by atoms with Gasteiger partial charge in [-0.05, 0) is 30.5 Å². The van der Waals surface area contributed by atoms with Gasteiger partial charge >= 0.3 is 0 Å². The molecular weight excluding hydrogens is 440 g/mol. The molecule has 0 aromatic heterocycles. The van der Waals surface area contributed by atoms with Crippen LogP contribution in [0.4, 0.5) is 0 Å². The summed E-state index contributed by atoms with van der Waals surface area (Å²) in [6.07, 6.45) is 0.884. The Morgan fingerprint density at radius 1 is 0.853 bits per heavy atom. The smallest absolute Gasteiger partial charge is 0.243 e. The number of rotatable bonds is 12. The van der Waals surface area contributed by atoms with Crippen LogP contribution < -0.4 is 5.32 Å². The van der Waals surface area contributed by atoms with E-state index in [-0.39, 0.29) is 11.8 Å². The van der Waals surface area contributed by atoms with E-state index < -0.39 is 6.04 Å². The van der Waals surface area contributed by atoms with E-state index in [0.717, 1.165) is 16.9 Å². The first kappa shape index (κ1) is 25.6. The third-order valence-electron chi connectivity index (χ3n) is 5.67. The molecule has 0 aliphatic heterocycles. The Kier molecular flexibility index (Phi) is 10.2. The maximum atomic E-state index is 13.5. The molecule has 178 valence electrons. The van der Waals surface area contributed by atoms with Crippen LogP contribution in [0.3, 0.4) is 0 Å². The molecule has 34 heavy (non-hydrogen) atoms. The number of aryl methyl sites for hydroxylation is 1. The van der Waals surface area contributed by atoms with Crippen LogP contribution in [0.15, 0.2) is 84.9 Å². The molecule has 0 spiro atoms. The number of benzene rings is 3. The van der Waals surface area contributed by atoms with Crippen molar-refractivity contribution in [3.05, 3.63) is 107 Å². The highest BCUT2D eigenvalue weighted by Gasteiger charge is 2.29. The van der Waals surface area contributed by atoms with Crippen LogP contribution in [-0.4, -0.2) is 35.1 Å². The van der Waals surface area contributed by atoms with Gasteiger partial charge in [-0.1, -0.05) is 90.5 Å². The number of nitrogens with one attached hydrogen (secondary N) is 1. The van der Waals surface area contributed by atoms with Crippen LogP contribution in [-0.2, 0) is 28.3 Å². The van der Waals surface area contributed by atoms with Gasteiger partial charge in [0.2, 0.25) is 11.8 Å². The van der Waals surface area contributed by atoms with Crippen molar-refractivity contribution in [1.82, 2.24) is 10.2 Å². The lowest BCUT2D eigenvalue weighted by molar-refractivity contribution is -0.140. The topological polar surface area (TPSA) is 49.4 Å². The minimum Gasteiger partial charge on any atom is -0.355 e. The van der Waals surface area contributed by atoms with E-state index in [1.807, 2.05) is 86.6 Å². The van der Waals surface area contributed by atoms with Crippen molar-refractivity contribution >= 4 is 23.6 Å². The van der Waals surface area contributed by atoms with Crippen molar-refractivity contribution in [2.24, 2.45) is 0 Å². The highest BCUT2D eigenvalue weighted by molar-refractivity contribution is 7.98. The van der Waals surface area contributed by atoms with Crippen molar-refractivity contribution in [3.63, 3.8) is 0 Å². The van der Waals surface area contributed by atoms with Gasteiger partial charge in [-0.3, -0.25) is 9.59 Å². The van der Waals surface area contributed by atoms with Crippen molar-refractivity contribution in [3.8, 4) is 0 Å². The first-order valence-corrected chi connectivity index (χ1v) is 13.0. The van der Waals surface area contributed by atoms with E-state index in [1.54, 1.807) is 16.7 Å². The monoisotopic (exact) mass is 474 g/mol. The zero-order valence-corrected chi connectivity index (χ0v) is 20.9. The molecule has 2 amide bonds. The first-order valence-electron chi connectivity index (χ1n) is 11.8. The summed E-state index contributed by atoms with van der Waals surface area (Å²) in [7, 11) is 0. The molecule has 0 fully saturated rings. The van der Waals surface area contributed by atoms with Gasteiger partial charge in [0.25, 0.3) is 0 Å². The van der Waals surface area contributed by atoms with Crippen LogP contribution in [0.25, 0.3) is 0 Å². The first-order chi connectivity index (χ1) is 16.6. The third kappa shape index (κ3) is 8.07. The van der Waals surface area contributed by atoms with E-state index in [9.17, 15) is 9.59 Å². The maximum absolute atomic E-state index is 13.5. The van der Waals surface area contributed by atoms with Gasteiger partial charge in [0, 0.05) is 37.4 Å². The van der Waals surface area contributed by atoms with Gasteiger partial charge in [0.1, 0.15) is 6.04 Å². The molecule has 0 radical (unpaired) electrons. The fraction of sp³-hybridized carbons (Fsp3) is 0.310. The molecule has 3 aromatic carbocycles. The number of hydrogen-bond acceptors (Lipinski definition) is 3. The fourth-order valence-corrected chi connectivity index (χ4v) is 4.69. The summed E-state index contributed by atoms with van der Waals surface area (Å²) in [5.74, 6) is 1.48. The third-order valence-corrected chi connectivity index (χ3v) is 6.70. The Balaban J connectivity index is 1.76. The highest BCUT2D eigenvalue weighted by Crippen LogP contribution is 2.18. The predicted molar refractivity (Wildman–Crippen MR) is 142 cm³/mol. The fourth-order valence-electron chi connectivity index (χ4n) is 3.80. The molecule has 0 heterocycles. The summed E-state index contributed by atoms with van der Waals surface area (Å²) in [4.78, 5) is 28.4. The number of hydrogen-bond donors (Lipinski definition) is 1. The standard InChI is InChI=1S/C29H34N2O2S/c1-3-30-29(33)27(20-24-10-6-4-7-11-24)31(21-25-16-14-23(2)15-17-25)28(32)18-19-34-22-26-12-8-5-9-13-26/h4-17,27H,3,18-22H2,1-2H3,(H,30,33). The van der Waals surface area contributed by atoms with Crippen molar-refractivity contribution < 1.29 is 9.59 Å². The normalized spacial score (nSPS) is 11.6. The van der Waals surface area contributed by atoms with E-state index in [2.05, 4.69) is 17.4 Å². The lowest BCUT2D eigenvalue weighted by atomic mass is 10.0. The lowest BCUT2D eigenvalue weighted by Crippen LogP contribution is -2.50. The molecular formula is C29H34N2O2S. The molecule has 1 unspecified atom stereocenters. The highest BCUT2D eigenvalue weighted by atomic mass is 32.2. The zero-order valence-electron chi connectivity index (χ0n) is 20.1. The average Bonchev–Trinajstić information content (AvgIpc) is 2.86. The van der Waals surface area contributed by atoms with Crippen LogP contribution in [0.5, 0.6) is 0 Å². The average molecular weight is 475 g/mol. The molecule has 3 rings (SSSR count). The summed E-state index contributed by atoms with van der Waals surface area (Å²) in [5, 5.41) is 2.95. The molecule has 4 nitrogen and oxygen atoms in total. The van der Waals surface area contributed by atoms with Crippen LogP contribution in [0.1, 0.15) is 35.6 Å². The predicted octanol–water partition coefficient (Wildman–Crippen LogP) is 5.39. The number of thioether (sulfide) groups is 1. The Bertz CT molecular complexity index is 1020. The molecule has 5 heteroatoms. The van der Waals surface area contributed by atoms with E-state index in [0.29, 0.717) is 31.7 Å². The molecule has 0 saturated heterocycles. The summed E-state index contributed by atoms with van der Waals surface area (Å²) in [5.41, 5.74) is 4.49. The molecule has 3 aromatic rings. The molecule has 1 N–H and O–H groups in total. The number of amides is 2. The van der Waals surface area contributed by atoms with Crippen LogP contribution in [0, 0.1) is 6.92 Å². The summed E-state index contributed by atoms with van der Waals surface area (Å²) >= 11 is 1.75. The molecule has 1 atom stereocenters. The van der Waals surface area contributed by atoms with Gasteiger partial charge < -0.3 is 10.2 Å². The van der Waals surface area contributed by atoms with Crippen LogP contribution >= 0.6 is 11.8 Å². The largest absolute Gasteiger partial charge is 0.355 e. The number of nitrogens with zero attached hydrogens (tertiary/aromatic N) is 1. The minimum atomic E-state index is -0.560. The summed E-state index contributed by atoms with van der Waals surface area (Å²) < 4.78 is 0.